The lowest BCUT2D eigenvalue weighted by Gasteiger charge is -2.29. The molecule has 0 aromatic heterocycles. The Hall–Kier alpha value is -2.41. The van der Waals surface area contributed by atoms with Gasteiger partial charge in [-0.3, -0.25) is 4.21 Å². The first-order valence-corrected chi connectivity index (χ1v) is 12.1. The molecule has 1 aliphatic heterocycles. The number of hydrogen-bond acceptors (Lipinski definition) is 6. The Morgan fingerprint density at radius 1 is 0.903 bits per heavy atom. The fourth-order valence-electron chi connectivity index (χ4n) is 4.40. The molecule has 0 fully saturated rings. The van der Waals surface area contributed by atoms with Crippen LogP contribution in [0.2, 0.25) is 0 Å². The number of fused-ring (bicyclic) bond motifs is 2. The summed E-state index contributed by atoms with van der Waals surface area (Å²) in [6.45, 7) is 0.903. The van der Waals surface area contributed by atoms with Crippen molar-refractivity contribution in [1.82, 2.24) is 0 Å². The Morgan fingerprint density at radius 2 is 1.45 bits per heavy atom. The molecular weight excluding hydrogens is 414 g/mol. The third-order valence-electron chi connectivity index (χ3n) is 5.92. The highest BCUT2D eigenvalue weighted by Crippen LogP contribution is 2.41. The molecule has 7 heteroatoms. The van der Waals surface area contributed by atoms with Crippen molar-refractivity contribution < 1.29 is 23.2 Å². The fourth-order valence-corrected chi connectivity index (χ4v) is 5.26. The third kappa shape index (κ3) is 5.09. The second-order valence-corrected chi connectivity index (χ2v) is 9.39. The van der Waals surface area contributed by atoms with Gasteiger partial charge in [0.1, 0.15) is 0 Å². The van der Waals surface area contributed by atoms with Crippen LogP contribution in [0.3, 0.4) is 0 Å². The first-order chi connectivity index (χ1) is 14.9. The monoisotopic (exact) mass is 447 g/mol. The molecule has 2 unspecified atom stereocenters. The van der Waals surface area contributed by atoms with E-state index in [-0.39, 0.29) is 5.92 Å². The van der Waals surface area contributed by atoms with Crippen molar-refractivity contribution in [3.8, 4) is 23.0 Å². The standard InChI is InChI=1S/C24H33NO5S/c1-25-9-7-8-16-11-21(27-2)23(29-4)13-19(16)18(15-31(6)26)10-17-12-22(28-3)24(30-5)14-20(17)25/h11-14,18H,7-10,15H2,1-6H3. The summed E-state index contributed by atoms with van der Waals surface area (Å²) >= 11 is 0. The Balaban J connectivity index is 2.18. The molecular formula is C24H33NO5S. The first-order valence-electron chi connectivity index (χ1n) is 10.4. The van der Waals surface area contributed by atoms with E-state index >= 15 is 0 Å². The van der Waals surface area contributed by atoms with Crippen molar-refractivity contribution in [2.75, 3.05) is 58.9 Å². The normalized spacial score (nSPS) is 17.2. The Morgan fingerprint density at radius 3 is 2.03 bits per heavy atom. The van der Waals surface area contributed by atoms with Crippen molar-refractivity contribution in [3.63, 3.8) is 0 Å². The van der Waals surface area contributed by atoms with Gasteiger partial charge in [0.25, 0.3) is 0 Å². The number of ether oxygens (including phenoxy) is 4. The minimum atomic E-state index is -0.950. The van der Waals surface area contributed by atoms with E-state index in [2.05, 4.69) is 30.1 Å². The maximum Gasteiger partial charge on any atom is 0.162 e. The molecule has 0 saturated heterocycles. The van der Waals surface area contributed by atoms with Crippen molar-refractivity contribution in [2.45, 2.75) is 25.2 Å². The van der Waals surface area contributed by atoms with E-state index in [0.717, 1.165) is 42.8 Å². The summed E-state index contributed by atoms with van der Waals surface area (Å²) in [5.41, 5.74) is 4.68. The van der Waals surface area contributed by atoms with Gasteiger partial charge in [-0.2, -0.15) is 0 Å². The molecule has 31 heavy (non-hydrogen) atoms. The van der Waals surface area contributed by atoms with Crippen molar-refractivity contribution >= 4 is 16.5 Å². The maximum absolute atomic E-state index is 12.4. The minimum absolute atomic E-state index is 0.0731. The largest absolute Gasteiger partial charge is 0.493 e. The molecule has 1 heterocycles. The highest BCUT2D eigenvalue weighted by molar-refractivity contribution is 7.84. The molecule has 2 aromatic carbocycles. The Bertz CT molecular complexity index is 946. The van der Waals surface area contributed by atoms with Crippen molar-refractivity contribution in [2.24, 2.45) is 0 Å². The third-order valence-corrected chi connectivity index (χ3v) is 6.79. The van der Waals surface area contributed by atoms with Gasteiger partial charge < -0.3 is 23.8 Å². The predicted molar refractivity (Wildman–Crippen MR) is 126 cm³/mol. The van der Waals surface area contributed by atoms with Crippen LogP contribution in [0, 0.1) is 0 Å². The minimum Gasteiger partial charge on any atom is -0.493 e. The SMILES string of the molecule is COc1cc2c(cc1OC)C(CS(C)=O)Cc1cc(OC)c(OC)cc1N(C)CCC2. The van der Waals surface area contributed by atoms with Crippen LogP contribution in [-0.4, -0.2) is 58.2 Å². The lowest BCUT2D eigenvalue weighted by Crippen LogP contribution is -2.24. The lowest BCUT2D eigenvalue weighted by molar-refractivity contribution is 0.353. The maximum atomic E-state index is 12.4. The van der Waals surface area contributed by atoms with Crippen LogP contribution in [0.15, 0.2) is 24.3 Å². The van der Waals surface area contributed by atoms with Crippen molar-refractivity contribution in [3.05, 3.63) is 41.0 Å². The molecule has 0 bridgehead atoms. The zero-order chi connectivity index (χ0) is 22.5. The molecule has 1 aliphatic rings. The molecule has 3 rings (SSSR count). The average Bonchev–Trinajstić information content (AvgIpc) is 2.76. The number of aryl methyl sites for hydroxylation is 1. The van der Waals surface area contributed by atoms with Crippen LogP contribution in [0.1, 0.15) is 29.0 Å². The smallest absolute Gasteiger partial charge is 0.162 e. The van der Waals surface area contributed by atoms with E-state index in [0.29, 0.717) is 23.0 Å². The summed E-state index contributed by atoms with van der Waals surface area (Å²) in [5.74, 6) is 3.50. The topological polar surface area (TPSA) is 57.2 Å². The van der Waals surface area contributed by atoms with Gasteiger partial charge in [0, 0.05) is 48.2 Å². The second kappa shape index (κ2) is 10.3. The van der Waals surface area contributed by atoms with Gasteiger partial charge in [0.15, 0.2) is 23.0 Å². The molecule has 0 saturated carbocycles. The van der Waals surface area contributed by atoms with E-state index in [1.807, 2.05) is 6.07 Å². The molecule has 170 valence electrons. The summed E-state index contributed by atoms with van der Waals surface area (Å²) in [5, 5.41) is 0. The van der Waals surface area contributed by atoms with Crippen molar-refractivity contribution in [1.29, 1.82) is 0 Å². The van der Waals surface area contributed by atoms with E-state index in [9.17, 15) is 4.21 Å². The summed E-state index contributed by atoms with van der Waals surface area (Å²) in [6, 6.07) is 8.25. The molecule has 0 aliphatic carbocycles. The quantitative estimate of drug-likeness (QED) is 0.671. The number of anilines is 1. The van der Waals surface area contributed by atoms with E-state index in [1.54, 1.807) is 34.7 Å². The molecule has 0 spiro atoms. The molecule has 6 nitrogen and oxygen atoms in total. The number of nitrogens with zero attached hydrogens (tertiary/aromatic N) is 1. The Labute approximate surface area is 187 Å². The second-order valence-electron chi connectivity index (χ2n) is 7.91. The van der Waals surface area contributed by atoms with Gasteiger partial charge in [0.2, 0.25) is 0 Å². The molecule has 0 radical (unpaired) electrons. The fraction of sp³-hybridized carbons (Fsp3) is 0.500. The molecule has 0 amide bonds. The zero-order valence-electron chi connectivity index (χ0n) is 19.3. The summed E-state index contributed by atoms with van der Waals surface area (Å²) in [4.78, 5) is 2.27. The lowest BCUT2D eigenvalue weighted by atomic mass is 9.86. The van der Waals surface area contributed by atoms with Crippen LogP contribution in [0.25, 0.3) is 0 Å². The average molecular weight is 448 g/mol. The van der Waals surface area contributed by atoms with Gasteiger partial charge in [-0.1, -0.05) is 0 Å². The van der Waals surface area contributed by atoms with Crippen LogP contribution in [-0.2, 0) is 23.6 Å². The van der Waals surface area contributed by atoms with Gasteiger partial charge in [-0.05, 0) is 60.1 Å². The number of hydrogen-bond donors (Lipinski definition) is 0. The van der Waals surface area contributed by atoms with Gasteiger partial charge in [0.05, 0.1) is 28.4 Å². The van der Waals surface area contributed by atoms with E-state index in [1.165, 1.54) is 11.1 Å². The number of benzene rings is 2. The predicted octanol–water partition coefficient (Wildman–Crippen LogP) is 3.81. The number of methoxy groups -OCH3 is 4. The van der Waals surface area contributed by atoms with Crippen LogP contribution in [0.5, 0.6) is 23.0 Å². The highest BCUT2D eigenvalue weighted by Gasteiger charge is 2.25. The highest BCUT2D eigenvalue weighted by atomic mass is 32.2. The van der Waals surface area contributed by atoms with Crippen LogP contribution in [0.4, 0.5) is 5.69 Å². The van der Waals surface area contributed by atoms with E-state index in [4.69, 9.17) is 18.9 Å². The summed E-state index contributed by atoms with van der Waals surface area (Å²) in [6.07, 6.45) is 4.40. The first kappa shape index (κ1) is 23.3. The van der Waals surface area contributed by atoms with Crippen LogP contribution < -0.4 is 23.8 Å². The van der Waals surface area contributed by atoms with Gasteiger partial charge >= 0.3 is 0 Å². The summed E-state index contributed by atoms with van der Waals surface area (Å²) in [7, 11) is 7.78. The molecule has 0 N–H and O–H groups in total. The van der Waals surface area contributed by atoms with E-state index < -0.39 is 10.8 Å². The van der Waals surface area contributed by atoms with Gasteiger partial charge in [-0.25, -0.2) is 0 Å². The zero-order valence-corrected chi connectivity index (χ0v) is 20.1. The molecule has 2 atom stereocenters. The van der Waals surface area contributed by atoms with Crippen LogP contribution >= 0.6 is 0 Å². The number of rotatable bonds is 6. The summed E-state index contributed by atoms with van der Waals surface area (Å²) < 4.78 is 34.6. The Kier molecular flexibility index (Phi) is 7.70. The van der Waals surface area contributed by atoms with Gasteiger partial charge in [-0.15, -0.1) is 0 Å². The molecule has 2 aromatic rings.